The molecule has 1 aromatic heterocycles. The Kier molecular flexibility index (Phi) is 6.38. The first-order chi connectivity index (χ1) is 16.8. The molecule has 3 atom stereocenters. The Morgan fingerprint density at radius 2 is 2.00 bits per heavy atom. The second kappa shape index (κ2) is 9.34. The van der Waals surface area contributed by atoms with E-state index < -0.39 is 23.6 Å². The minimum absolute atomic E-state index is 0.198. The zero-order valence-electron chi connectivity index (χ0n) is 18.9. The number of hydrogen-bond donors (Lipinski definition) is 2. The molecule has 7 nitrogen and oxygen atoms in total. The number of ether oxygens (including phenoxy) is 1. The molecular weight excluding hydrogens is 506 g/mol. The number of rotatable bonds is 5. The summed E-state index contributed by atoms with van der Waals surface area (Å²) in [5.41, 5.74) is 0.639. The number of carbonyl (C=O) groups is 2. The summed E-state index contributed by atoms with van der Waals surface area (Å²) < 4.78 is 7.03. The number of fused-ring (bicyclic) bond motifs is 1. The standard InChI is InChI=1S/C25H22ClN3O4S2/c1-14(17-5-3-4-6-18(17)26)33-24(32)28-22-15(13-27-29(22)2)7-8-16-11-19-20(34-16)12-21(35-19)25(9-10-25)23(30)31/h3-6,11-14,19-20H,9-10H2,1-2H3,(H,28,32)(H,30,31). The van der Waals surface area contributed by atoms with Gasteiger partial charge in [0.15, 0.2) is 0 Å². The lowest BCUT2D eigenvalue weighted by atomic mass is 10.1. The van der Waals surface area contributed by atoms with E-state index in [1.807, 2.05) is 18.2 Å². The van der Waals surface area contributed by atoms with Gasteiger partial charge in [0, 0.05) is 28.1 Å². The first-order valence-corrected chi connectivity index (χ1v) is 13.2. The predicted octanol–water partition coefficient (Wildman–Crippen LogP) is 5.60. The van der Waals surface area contributed by atoms with Crippen molar-refractivity contribution < 1.29 is 19.4 Å². The third kappa shape index (κ3) is 4.70. The van der Waals surface area contributed by atoms with Crippen LogP contribution in [0, 0.1) is 17.3 Å². The number of aromatic nitrogens is 2. The molecule has 0 radical (unpaired) electrons. The SMILES string of the molecule is CC(OC(=O)Nc1c(C#CC2=CC3SC(C4(C(=O)O)CC4)=CC3S2)cnn1C)c1ccccc1Cl. The molecule has 3 unspecified atom stereocenters. The number of halogens is 1. The number of nitrogens with zero attached hydrogens (tertiary/aromatic N) is 2. The zero-order valence-corrected chi connectivity index (χ0v) is 21.3. The van der Waals surface area contributed by atoms with E-state index >= 15 is 0 Å². The minimum atomic E-state index is -0.721. The summed E-state index contributed by atoms with van der Waals surface area (Å²) >= 11 is 9.48. The Hall–Kier alpha value is -2.80. The highest BCUT2D eigenvalue weighted by Gasteiger charge is 2.56. The molecule has 2 aromatic rings. The smallest absolute Gasteiger partial charge is 0.413 e. The van der Waals surface area contributed by atoms with Crippen LogP contribution < -0.4 is 5.32 Å². The lowest BCUT2D eigenvalue weighted by Crippen LogP contribution is -2.18. The number of carboxylic acids is 1. The number of aryl methyl sites for hydroxylation is 1. The van der Waals surface area contributed by atoms with E-state index in [1.165, 1.54) is 4.68 Å². The molecule has 180 valence electrons. The van der Waals surface area contributed by atoms with Gasteiger partial charge in [0.05, 0.1) is 22.1 Å². The summed E-state index contributed by atoms with van der Waals surface area (Å²) in [5, 5.41) is 17.4. The van der Waals surface area contributed by atoms with Crippen LogP contribution in [-0.4, -0.2) is 37.4 Å². The first-order valence-electron chi connectivity index (χ1n) is 11.0. The number of nitrogens with one attached hydrogen (secondary N) is 1. The van der Waals surface area contributed by atoms with Crippen molar-refractivity contribution in [3.8, 4) is 11.8 Å². The van der Waals surface area contributed by atoms with Gasteiger partial charge >= 0.3 is 12.1 Å². The third-order valence-corrected chi connectivity index (χ3v) is 9.41. The topological polar surface area (TPSA) is 93.4 Å². The minimum Gasteiger partial charge on any atom is -0.481 e. The molecule has 1 fully saturated rings. The van der Waals surface area contributed by atoms with Crippen LogP contribution in [0.2, 0.25) is 5.02 Å². The van der Waals surface area contributed by atoms with Gasteiger partial charge in [0.2, 0.25) is 0 Å². The van der Waals surface area contributed by atoms with Crippen LogP contribution in [0.5, 0.6) is 0 Å². The van der Waals surface area contributed by atoms with Gasteiger partial charge in [-0.05, 0) is 36.8 Å². The van der Waals surface area contributed by atoms with Crippen LogP contribution in [0.15, 0.2) is 52.4 Å². The summed E-state index contributed by atoms with van der Waals surface area (Å²) in [5.74, 6) is 5.99. The largest absolute Gasteiger partial charge is 0.481 e. The van der Waals surface area contributed by atoms with Gasteiger partial charge in [-0.1, -0.05) is 47.7 Å². The number of carboxylic acid groups (broad SMARTS) is 1. The molecule has 2 N–H and O–H groups in total. The van der Waals surface area contributed by atoms with Crippen LogP contribution >= 0.6 is 35.1 Å². The summed E-state index contributed by atoms with van der Waals surface area (Å²) in [6, 6.07) is 7.21. The van der Waals surface area contributed by atoms with Crippen LogP contribution in [0.4, 0.5) is 10.6 Å². The summed E-state index contributed by atoms with van der Waals surface area (Å²) in [4.78, 5) is 26.1. The fourth-order valence-electron chi connectivity index (χ4n) is 4.06. The van der Waals surface area contributed by atoms with Crippen molar-refractivity contribution >= 4 is 53.0 Å². The molecule has 10 heteroatoms. The fraction of sp³-hybridized carbons (Fsp3) is 0.320. The van der Waals surface area contributed by atoms with Crippen molar-refractivity contribution in [2.75, 3.05) is 5.32 Å². The van der Waals surface area contributed by atoms with Crippen molar-refractivity contribution in [1.29, 1.82) is 0 Å². The van der Waals surface area contributed by atoms with Gasteiger partial charge in [-0.2, -0.15) is 5.10 Å². The molecule has 1 aromatic carbocycles. The summed E-state index contributed by atoms with van der Waals surface area (Å²) in [7, 11) is 1.71. The molecular formula is C25H22ClN3O4S2. The summed E-state index contributed by atoms with van der Waals surface area (Å²) in [6.45, 7) is 1.75. The number of anilines is 1. The second-order valence-electron chi connectivity index (χ2n) is 8.59. The number of benzene rings is 1. The molecule has 2 aliphatic heterocycles. The average molecular weight is 528 g/mol. The highest BCUT2D eigenvalue weighted by molar-refractivity contribution is 8.09. The Morgan fingerprint density at radius 1 is 1.26 bits per heavy atom. The molecule has 0 saturated heterocycles. The maximum Gasteiger partial charge on any atom is 0.413 e. The van der Waals surface area contributed by atoms with E-state index in [4.69, 9.17) is 16.3 Å². The van der Waals surface area contributed by atoms with Crippen molar-refractivity contribution in [2.45, 2.75) is 36.4 Å². The Bertz CT molecular complexity index is 1340. The van der Waals surface area contributed by atoms with E-state index in [-0.39, 0.29) is 10.5 Å². The normalized spacial score (nSPS) is 22.3. The molecule has 3 heterocycles. The molecule has 35 heavy (non-hydrogen) atoms. The molecule has 3 aliphatic rings. The van der Waals surface area contributed by atoms with E-state index in [0.29, 0.717) is 16.4 Å². The maximum absolute atomic E-state index is 12.5. The monoisotopic (exact) mass is 527 g/mol. The van der Waals surface area contributed by atoms with Crippen LogP contribution in [0.1, 0.15) is 37.0 Å². The van der Waals surface area contributed by atoms with Crippen LogP contribution in [-0.2, 0) is 16.6 Å². The molecule has 1 amide bonds. The van der Waals surface area contributed by atoms with E-state index in [1.54, 1.807) is 49.8 Å². The average Bonchev–Trinajstić information content (AvgIpc) is 3.25. The summed E-state index contributed by atoms with van der Waals surface area (Å²) in [6.07, 6.45) is 6.07. The Morgan fingerprint density at radius 3 is 2.69 bits per heavy atom. The van der Waals surface area contributed by atoms with Gasteiger partial charge in [-0.3, -0.25) is 14.8 Å². The van der Waals surface area contributed by atoms with E-state index in [0.717, 1.165) is 28.2 Å². The predicted molar refractivity (Wildman–Crippen MR) is 138 cm³/mol. The third-order valence-electron chi connectivity index (χ3n) is 6.22. The number of thioether (sulfide) groups is 2. The fourth-order valence-corrected chi connectivity index (χ4v) is 7.35. The van der Waals surface area contributed by atoms with Crippen LogP contribution in [0.25, 0.3) is 0 Å². The van der Waals surface area contributed by atoms with Crippen molar-refractivity contribution in [2.24, 2.45) is 12.5 Å². The van der Waals surface area contributed by atoms with Gasteiger partial charge in [0.1, 0.15) is 11.9 Å². The van der Waals surface area contributed by atoms with Gasteiger partial charge < -0.3 is 9.84 Å². The number of carbonyl (C=O) groups excluding carboxylic acids is 1. The first kappa shape index (κ1) is 23.9. The number of aliphatic carboxylic acids is 1. The molecule has 1 aliphatic carbocycles. The molecule has 0 spiro atoms. The van der Waals surface area contributed by atoms with Gasteiger partial charge in [0.25, 0.3) is 0 Å². The molecule has 0 bridgehead atoms. The Balaban J connectivity index is 1.23. The number of allylic oxidation sites excluding steroid dienone is 1. The zero-order chi connectivity index (χ0) is 24.7. The highest BCUT2D eigenvalue weighted by atomic mass is 35.5. The van der Waals surface area contributed by atoms with Gasteiger partial charge in [-0.15, -0.1) is 23.5 Å². The Labute approximate surface area is 216 Å². The number of hydrogen-bond acceptors (Lipinski definition) is 6. The molecule has 1 saturated carbocycles. The lowest BCUT2D eigenvalue weighted by molar-refractivity contribution is -0.141. The van der Waals surface area contributed by atoms with Crippen molar-refractivity contribution in [3.05, 3.63) is 68.6 Å². The molecule has 5 rings (SSSR count). The van der Waals surface area contributed by atoms with Crippen molar-refractivity contribution in [3.63, 3.8) is 0 Å². The van der Waals surface area contributed by atoms with Crippen LogP contribution in [0.3, 0.4) is 0 Å². The van der Waals surface area contributed by atoms with Gasteiger partial charge in [-0.25, -0.2) is 4.79 Å². The lowest BCUT2D eigenvalue weighted by Gasteiger charge is -2.15. The maximum atomic E-state index is 12.5. The number of amides is 1. The second-order valence-corrected chi connectivity index (χ2v) is 11.4. The van der Waals surface area contributed by atoms with E-state index in [2.05, 4.69) is 34.4 Å². The van der Waals surface area contributed by atoms with Crippen molar-refractivity contribution in [1.82, 2.24) is 9.78 Å². The quantitative estimate of drug-likeness (QED) is 0.489. The van der Waals surface area contributed by atoms with E-state index in [9.17, 15) is 14.7 Å². The highest BCUT2D eigenvalue weighted by Crippen LogP contribution is 2.61.